The number of aromatic nitrogens is 3. The average Bonchev–Trinajstić information content (AvgIpc) is 2.84. The first-order valence-electron chi connectivity index (χ1n) is 4.57. The lowest BCUT2D eigenvalue weighted by molar-refractivity contribution is 0.551. The molecule has 3 aromatic rings. The van der Waals surface area contributed by atoms with Gasteiger partial charge in [-0.25, -0.2) is 4.98 Å². The van der Waals surface area contributed by atoms with Crippen LogP contribution in [0.25, 0.3) is 17.2 Å². The number of furan rings is 1. The minimum absolute atomic E-state index is 0.151. The summed E-state index contributed by atoms with van der Waals surface area (Å²) in [5, 5.41) is 2.87. The molecule has 5 nitrogen and oxygen atoms in total. The van der Waals surface area contributed by atoms with E-state index in [9.17, 15) is 4.79 Å². The van der Waals surface area contributed by atoms with Gasteiger partial charge in [0.05, 0.1) is 0 Å². The molecule has 3 heterocycles. The largest absolute Gasteiger partial charge is 0.446 e. The normalized spacial score (nSPS) is 11.1. The predicted molar refractivity (Wildman–Crippen MR) is 61.2 cm³/mol. The molecule has 0 radical (unpaired) electrons. The Balaban J connectivity index is 2.26. The monoisotopic (exact) mass is 279 g/mol. The zero-order valence-electron chi connectivity index (χ0n) is 7.98. The molecule has 0 aliphatic heterocycles. The smallest absolute Gasteiger partial charge is 0.271 e. The van der Waals surface area contributed by atoms with E-state index in [0.717, 1.165) is 0 Å². The number of H-pyrrole nitrogens is 1. The van der Waals surface area contributed by atoms with Gasteiger partial charge in [-0.15, -0.1) is 0 Å². The van der Waals surface area contributed by atoms with E-state index in [0.29, 0.717) is 21.9 Å². The van der Waals surface area contributed by atoms with E-state index in [4.69, 9.17) is 4.42 Å². The van der Waals surface area contributed by atoms with Gasteiger partial charge in [0.25, 0.3) is 5.56 Å². The maximum atomic E-state index is 11.5. The summed E-state index contributed by atoms with van der Waals surface area (Å²) in [5.74, 6) is 1.10. The Morgan fingerprint density at radius 1 is 1.31 bits per heavy atom. The molecule has 3 rings (SSSR count). The molecule has 0 atom stereocenters. The molecule has 1 N–H and O–H groups in total. The van der Waals surface area contributed by atoms with Crippen molar-refractivity contribution in [2.24, 2.45) is 0 Å². The number of hydrogen-bond donors (Lipinski definition) is 1. The van der Waals surface area contributed by atoms with Crippen molar-refractivity contribution in [2.45, 2.75) is 0 Å². The summed E-state index contributed by atoms with van der Waals surface area (Å²) in [4.78, 5) is 15.7. The Morgan fingerprint density at radius 3 is 2.88 bits per heavy atom. The van der Waals surface area contributed by atoms with E-state index < -0.39 is 0 Å². The molecule has 0 aliphatic carbocycles. The van der Waals surface area contributed by atoms with Crippen LogP contribution in [0.5, 0.6) is 0 Å². The highest BCUT2D eigenvalue weighted by Gasteiger charge is 2.09. The van der Waals surface area contributed by atoms with Gasteiger partial charge in [0.2, 0.25) is 0 Å². The lowest BCUT2D eigenvalue weighted by atomic mass is 10.4. The van der Waals surface area contributed by atoms with Crippen LogP contribution in [0.4, 0.5) is 0 Å². The maximum Gasteiger partial charge on any atom is 0.271 e. The van der Waals surface area contributed by atoms with E-state index in [1.807, 2.05) is 0 Å². The first-order valence-corrected chi connectivity index (χ1v) is 5.37. The summed E-state index contributed by atoms with van der Waals surface area (Å²) in [6.45, 7) is 0. The number of halogens is 1. The van der Waals surface area contributed by atoms with Crippen molar-refractivity contribution in [2.75, 3.05) is 0 Å². The number of fused-ring (bicyclic) bond motifs is 1. The third-order valence-corrected chi connectivity index (χ3v) is 2.61. The highest BCUT2D eigenvalue weighted by Crippen LogP contribution is 2.22. The lowest BCUT2D eigenvalue weighted by Gasteiger charge is -1.87. The number of nitrogens with one attached hydrogen (secondary N) is 1. The third kappa shape index (κ3) is 1.38. The van der Waals surface area contributed by atoms with Crippen molar-refractivity contribution in [1.82, 2.24) is 14.6 Å². The molecular weight excluding hydrogens is 274 g/mol. The molecule has 0 unspecified atom stereocenters. The van der Waals surface area contributed by atoms with Crippen LogP contribution >= 0.6 is 15.9 Å². The van der Waals surface area contributed by atoms with Crippen LogP contribution in [0.1, 0.15) is 0 Å². The van der Waals surface area contributed by atoms with E-state index in [1.165, 1.54) is 10.6 Å². The second kappa shape index (κ2) is 3.34. The summed E-state index contributed by atoms with van der Waals surface area (Å²) >= 11 is 3.21. The fourth-order valence-electron chi connectivity index (χ4n) is 1.48. The van der Waals surface area contributed by atoms with Crippen molar-refractivity contribution in [3.63, 3.8) is 0 Å². The quantitative estimate of drug-likeness (QED) is 0.742. The average molecular weight is 280 g/mol. The van der Waals surface area contributed by atoms with Crippen LogP contribution < -0.4 is 5.56 Å². The number of rotatable bonds is 1. The van der Waals surface area contributed by atoms with Crippen molar-refractivity contribution in [3.8, 4) is 11.6 Å². The molecule has 16 heavy (non-hydrogen) atoms. The number of aromatic amines is 1. The highest BCUT2D eigenvalue weighted by molar-refractivity contribution is 9.10. The van der Waals surface area contributed by atoms with Crippen LogP contribution in [0.15, 0.2) is 44.2 Å². The minimum Gasteiger partial charge on any atom is -0.446 e. The minimum atomic E-state index is -0.151. The summed E-state index contributed by atoms with van der Waals surface area (Å²) in [5.41, 5.74) is 0.414. The van der Waals surface area contributed by atoms with Gasteiger partial charge in [0.15, 0.2) is 21.9 Å². The van der Waals surface area contributed by atoms with Gasteiger partial charge >= 0.3 is 0 Å². The van der Waals surface area contributed by atoms with Crippen LogP contribution in [-0.2, 0) is 0 Å². The van der Waals surface area contributed by atoms with E-state index in [1.54, 1.807) is 24.3 Å². The van der Waals surface area contributed by atoms with Gasteiger partial charge in [0.1, 0.15) is 0 Å². The summed E-state index contributed by atoms with van der Waals surface area (Å²) in [7, 11) is 0. The van der Waals surface area contributed by atoms with Crippen LogP contribution in [0.3, 0.4) is 0 Å². The van der Waals surface area contributed by atoms with Crippen molar-refractivity contribution in [3.05, 3.63) is 45.4 Å². The molecule has 6 heteroatoms. The van der Waals surface area contributed by atoms with Crippen molar-refractivity contribution < 1.29 is 4.42 Å². The van der Waals surface area contributed by atoms with Gasteiger partial charge in [-0.3, -0.25) is 9.89 Å². The summed E-state index contributed by atoms with van der Waals surface area (Å²) < 4.78 is 7.33. The maximum absolute atomic E-state index is 11.5. The predicted octanol–water partition coefficient (Wildman–Crippen LogP) is 2.05. The van der Waals surface area contributed by atoms with Crippen LogP contribution in [-0.4, -0.2) is 14.6 Å². The molecule has 80 valence electrons. The van der Waals surface area contributed by atoms with Gasteiger partial charge in [-0.05, 0) is 34.1 Å². The fourth-order valence-corrected chi connectivity index (χ4v) is 1.78. The second-order valence-electron chi connectivity index (χ2n) is 3.23. The Morgan fingerprint density at radius 2 is 2.19 bits per heavy atom. The molecule has 0 saturated heterocycles. The Bertz CT molecular complexity index is 710. The highest BCUT2D eigenvalue weighted by atomic mass is 79.9. The first-order chi connectivity index (χ1) is 7.74. The topological polar surface area (TPSA) is 63.3 Å². The van der Waals surface area contributed by atoms with Gasteiger partial charge in [0, 0.05) is 6.07 Å². The Labute approximate surface area is 97.8 Å². The van der Waals surface area contributed by atoms with Gasteiger partial charge in [-0.1, -0.05) is 6.07 Å². The SMILES string of the molecule is O=c1cccc2nc(-c3ccc(Br)o3)[nH]n12. The van der Waals surface area contributed by atoms with Gasteiger partial charge < -0.3 is 4.42 Å². The van der Waals surface area contributed by atoms with Crippen LogP contribution in [0.2, 0.25) is 0 Å². The first kappa shape index (κ1) is 9.41. The Hall–Kier alpha value is -1.82. The molecule has 0 aromatic carbocycles. The second-order valence-corrected chi connectivity index (χ2v) is 4.02. The summed E-state index contributed by atoms with van der Waals surface area (Å²) in [6.07, 6.45) is 0. The third-order valence-electron chi connectivity index (χ3n) is 2.18. The zero-order chi connectivity index (χ0) is 11.1. The van der Waals surface area contributed by atoms with E-state index >= 15 is 0 Å². The molecule has 0 aliphatic rings. The van der Waals surface area contributed by atoms with Crippen molar-refractivity contribution in [1.29, 1.82) is 0 Å². The van der Waals surface area contributed by atoms with Gasteiger partial charge in [-0.2, -0.15) is 4.52 Å². The molecule has 0 amide bonds. The molecule has 0 fully saturated rings. The number of pyridine rings is 1. The summed E-state index contributed by atoms with van der Waals surface area (Å²) in [6, 6.07) is 8.42. The standard InChI is InChI=1S/C10H6BrN3O2/c11-7-5-4-6(16-7)10-12-8-2-1-3-9(15)14(8)13-10/h1-5H,(H,12,13). The van der Waals surface area contributed by atoms with E-state index in [2.05, 4.69) is 26.0 Å². The zero-order valence-corrected chi connectivity index (χ0v) is 9.56. The molecule has 3 aromatic heterocycles. The van der Waals surface area contributed by atoms with Crippen molar-refractivity contribution >= 4 is 21.6 Å². The lowest BCUT2D eigenvalue weighted by Crippen LogP contribution is -2.11. The van der Waals surface area contributed by atoms with E-state index in [-0.39, 0.29) is 5.56 Å². The molecule has 0 saturated carbocycles. The van der Waals surface area contributed by atoms with Crippen LogP contribution in [0, 0.1) is 0 Å². The fraction of sp³-hybridized carbons (Fsp3) is 0. The Kier molecular flexibility index (Phi) is 1.97. The molecule has 0 bridgehead atoms. The molecular formula is C10H6BrN3O2. The molecule has 0 spiro atoms. The number of nitrogens with zero attached hydrogens (tertiary/aromatic N) is 2. The number of hydrogen-bond acceptors (Lipinski definition) is 3.